The minimum Gasteiger partial charge on any atom is -0.363 e. The van der Waals surface area contributed by atoms with Gasteiger partial charge in [0.2, 0.25) is 0 Å². The van der Waals surface area contributed by atoms with Crippen molar-refractivity contribution in [3.05, 3.63) is 18.1 Å². The van der Waals surface area contributed by atoms with Crippen LogP contribution in [0.25, 0.3) is 0 Å². The van der Waals surface area contributed by atoms with Crippen molar-refractivity contribution >= 4 is 18.2 Å². The molecule has 1 aromatic rings. The molecule has 12 heavy (non-hydrogen) atoms. The van der Waals surface area contributed by atoms with Crippen molar-refractivity contribution in [3.63, 3.8) is 0 Å². The third kappa shape index (κ3) is 2.64. The van der Waals surface area contributed by atoms with Gasteiger partial charge in [0.15, 0.2) is 0 Å². The zero-order chi connectivity index (χ0) is 8.27. The number of nitrogens with zero attached hydrogens (tertiary/aromatic N) is 3. The highest BCUT2D eigenvalue weighted by atomic mass is 35.5. The summed E-state index contributed by atoms with van der Waals surface area (Å²) in [5, 5.41) is 0. The van der Waals surface area contributed by atoms with Gasteiger partial charge in [-0.05, 0) is 6.07 Å². The van der Waals surface area contributed by atoms with Crippen molar-refractivity contribution in [1.29, 1.82) is 0 Å². The zero-order valence-corrected chi connectivity index (χ0v) is 8.01. The monoisotopic (exact) mass is 188 g/mol. The molecule has 5 heteroatoms. The van der Waals surface area contributed by atoms with Gasteiger partial charge in [0, 0.05) is 20.3 Å². The minimum atomic E-state index is 0. The zero-order valence-electron chi connectivity index (χ0n) is 7.19. The lowest BCUT2D eigenvalue weighted by Crippen LogP contribution is -2.13. The van der Waals surface area contributed by atoms with E-state index in [2.05, 4.69) is 9.97 Å². The minimum absolute atomic E-state index is 0. The molecule has 2 N–H and O–H groups in total. The van der Waals surface area contributed by atoms with Gasteiger partial charge in [-0.1, -0.05) is 0 Å². The summed E-state index contributed by atoms with van der Waals surface area (Å²) in [5.41, 5.74) is 5.38. The van der Waals surface area contributed by atoms with E-state index >= 15 is 0 Å². The Morgan fingerprint density at radius 3 is 2.67 bits per heavy atom. The first kappa shape index (κ1) is 11.1. The number of hydrogen-bond donors (Lipinski definition) is 1. The molecule has 0 saturated carbocycles. The standard InChI is InChI=1S/C7H12N4.ClH/c1-11(2)7-3-4-9-6(5-8)10-7;/h3-4H,5,8H2,1-2H3;1H. The molecule has 0 fully saturated rings. The van der Waals surface area contributed by atoms with Crippen LogP contribution in [0, 0.1) is 0 Å². The van der Waals surface area contributed by atoms with Crippen LogP contribution in [0.5, 0.6) is 0 Å². The Bertz CT molecular complexity index is 239. The number of nitrogens with two attached hydrogens (primary N) is 1. The molecule has 0 aliphatic rings. The summed E-state index contributed by atoms with van der Waals surface area (Å²) in [5.74, 6) is 1.57. The summed E-state index contributed by atoms with van der Waals surface area (Å²) in [7, 11) is 3.87. The highest BCUT2D eigenvalue weighted by Crippen LogP contribution is 2.04. The van der Waals surface area contributed by atoms with E-state index in [0.717, 1.165) is 5.82 Å². The second-order valence-corrected chi connectivity index (χ2v) is 2.43. The fraction of sp³-hybridized carbons (Fsp3) is 0.429. The Balaban J connectivity index is 0.00000121. The van der Waals surface area contributed by atoms with E-state index in [-0.39, 0.29) is 12.4 Å². The third-order valence-electron chi connectivity index (χ3n) is 1.33. The van der Waals surface area contributed by atoms with Crippen LogP contribution in [0.3, 0.4) is 0 Å². The van der Waals surface area contributed by atoms with E-state index in [0.29, 0.717) is 12.4 Å². The smallest absolute Gasteiger partial charge is 0.144 e. The van der Waals surface area contributed by atoms with Gasteiger partial charge >= 0.3 is 0 Å². The molecule has 0 spiro atoms. The lowest BCUT2D eigenvalue weighted by Gasteiger charge is -2.10. The molecule has 0 amide bonds. The molecule has 0 bridgehead atoms. The van der Waals surface area contributed by atoms with Crippen molar-refractivity contribution in [2.75, 3.05) is 19.0 Å². The molecule has 0 atom stereocenters. The molecule has 1 heterocycles. The number of aromatic nitrogens is 2. The topological polar surface area (TPSA) is 55.0 Å². The van der Waals surface area contributed by atoms with Crippen LogP contribution in [-0.4, -0.2) is 24.1 Å². The van der Waals surface area contributed by atoms with E-state index in [1.54, 1.807) is 6.20 Å². The van der Waals surface area contributed by atoms with E-state index in [1.807, 2.05) is 25.1 Å². The number of anilines is 1. The summed E-state index contributed by atoms with van der Waals surface area (Å²) in [6.45, 7) is 0.391. The average Bonchev–Trinajstić information content (AvgIpc) is 2.05. The maximum absolute atomic E-state index is 5.38. The molecule has 0 aromatic carbocycles. The fourth-order valence-corrected chi connectivity index (χ4v) is 0.736. The van der Waals surface area contributed by atoms with Gasteiger partial charge in [0.05, 0.1) is 6.54 Å². The molecule has 1 rings (SSSR count). The predicted molar refractivity (Wildman–Crippen MR) is 51.5 cm³/mol. The maximum Gasteiger partial charge on any atom is 0.144 e. The molecule has 0 aliphatic carbocycles. The van der Waals surface area contributed by atoms with Gasteiger partial charge in [-0.25, -0.2) is 9.97 Å². The SMILES string of the molecule is CN(C)c1ccnc(CN)n1.Cl. The number of halogens is 1. The molecule has 1 aromatic heterocycles. The van der Waals surface area contributed by atoms with Crippen molar-refractivity contribution < 1.29 is 0 Å². The van der Waals surface area contributed by atoms with E-state index in [9.17, 15) is 0 Å². The maximum atomic E-state index is 5.38. The van der Waals surface area contributed by atoms with Crippen molar-refractivity contribution in [2.24, 2.45) is 5.73 Å². The van der Waals surface area contributed by atoms with Gasteiger partial charge in [-0.3, -0.25) is 0 Å². The molecule has 68 valence electrons. The highest BCUT2D eigenvalue weighted by molar-refractivity contribution is 5.85. The Hall–Kier alpha value is -0.870. The Kier molecular flexibility index (Phi) is 4.54. The summed E-state index contributed by atoms with van der Waals surface area (Å²) >= 11 is 0. The second-order valence-electron chi connectivity index (χ2n) is 2.43. The Morgan fingerprint density at radius 1 is 1.50 bits per heavy atom. The van der Waals surface area contributed by atoms with Crippen LogP contribution >= 0.6 is 12.4 Å². The molecule has 0 radical (unpaired) electrons. The molecule has 0 saturated heterocycles. The van der Waals surface area contributed by atoms with E-state index < -0.39 is 0 Å². The number of rotatable bonds is 2. The average molecular weight is 189 g/mol. The normalized spacial score (nSPS) is 8.92. The summed E-state index contributed by atoms with van der Waals surface area (Å²) in [6.07, 6.45) is 1.71. The fourth-order valence-electron chi connectivity index (χ4n) is 0.736. The van der Waals surface area contributed by atoms with Gasteiger partial charge in [0.25, 0.3) is 0 Å². The molecule has 0 aliphatic heterocycles. The largest absolute Gasteiger partial charge is 0.363 e. The first-order valence-corrected chi connectivity index (χ1v) is 3.43. The predicted octanol–water partition coefficient (Wildman–Crippen LogP) is 0.423. The molecular formula is C7H13ClN4. The van der Waals surface area contributed by atoms with Crippen LogP contribution in [0.2, 0.25) is 0 Å². The summed E-state index contributed by atoms with van der Waals surface area (Å²) in [4.78, 5) is 10.1. The van der Waals surface area contributed by atoms with Gasteiger partial charge in [-0.15, -0.1) is 12.4 Å². The number of hydrogen-bond acceptors (Lipinski definition) is 4. The Labute approximate surface area is 78.2 Å². The highest BCUT2D eigenvalue weighted by Gasteiger charge is 1.97. The van der Waals surface area contributed by atoms with Crippen molar-refractivity contribution in [1.82, 2.24) is 9.97 Å². The van der Waals surface area contributed by atoms with Crippen LogP contribution in [0.1, 0.15) is 5.82 Å². The van der Waals surface area contributed by atoms with Gasteiger partial charge < -0.3 is 10.6 Å². The molecule has 4 nitrogen and oxygen atoms in total. The lowest BCUT2D eigenvalue weighted by atomic mass is 10.5. The van der Waals surface area contributed by atoms with Crippen LogP contribution in [-0.2, 0) is 6.54 Å². The Morgan fingerprint density at radius 2 is 2.17 bits per heavy atom. The lowest BCUT2D eigenvalue weighted by molar-refractivity contribution is 0.892. The first-order valence-electron chi connectivity index (χ1n) is 3.43. The third-order valence-corrected chi connectivity index (χ3v) is 1.33. The van der Waals surface area contributed by atoms with Crippen molar-refractivity contribution in [2.45, 2.75) is 6.54 Å². The summed E-state index contributed by atoms with van der Waals surface area (Å²) in [6, 6.07) is 1.85. The molecule has 0 unspecified atom stereocenters. The van der Waals surface area contributed by atoms with Crippen LogP contribution < -0.4 is 10.6 Å². The van der Waals surface area contributed by atoms with Crippen molar-refractivity contribution in [3.8, 4) is 0 Å². The second kappa shape index (κ2) is 4.90. The van der Waals surface area contributed by atoms with Gasteiger partial charge in [-0.2, -0.15) is 0 Å². The first-order chi connectivity index (χ1) is 5.24. The molecular weight excluding hydrogens is 176 g/mol. The van der Waals surface area contributed by atoms with Crippen LogP contribution in [0.15, 0.2) is 12.3 Å². The summed E-state index contributed by atoms with van der Waals surface area (Å²) < 4.78 is 0. The quantitative estimate of drug-likeness (QED) is 0.731. The van der Waals surface area contributed by atoms with E-state index in [4.69, 9.17) is 5.73 Å². The van der Waals surface area contributed by atoms with Gasteiger partial charge in [0.1, 0.15) is 11.6 Å². The van der Waals surface area contributed by atoms with E-state index in [1.165, 1.54) is 0 Å². The van der Waals surface area contributed by atoms with Crippen LogP contribution in [0.4, 0.5) is 5.82 Å².